The molecule has 0 fully saturated rings. The first kappa shape index (κ1) is 21.1. The van der Waals surface area contributed by atoms with Gasteiger partial charge in [0, 0.05) is 24.3 Å². The normalized spacial score (nSPS) is 13.0. The molecule has 0 spiro atoms. The van der Waals surface area contributed by atoms with Crippen LogP contribution in [0.15, 0.2) is 48.5 Å². The zero-order valence-corrected chi connectivity index (χ0v) is 20.3. The topological polar surface area (TPSA) is 93.1 Å². The molecule has 0 N–H and O–H groups in total. The summed E-state index contributed by atoms with van der Waals surface area (Å²) in [6.07, 6.45) is 0. The third kappa shape index (κ3) is 2.73. The Kier molecular flexibility index (Phi) is 4.09. The van der Waals surface area contributed by atoms with E-state index >= 15 is 0 Å². The van der Waals surface area contributed by atoms with Crippen molar-refractivity contribution in [2.24, 2.45) is 0 Å². The highest BCUT2D eigenvalue weighted by atomic mass is 16.5. The lowest BCUT2D eigenvalue weighted by atomic mass is 9.33. The van der Waals surface area contributed by atoms with Gasteiger partial charge in [0.05, 0.1) is 46.3 Å². The minimum Gasteiger partial charge on any atom is -0.453 e. The van der Waals surface area contributed by atoms with E-state index < -0.39 is 0 Å². The second kappa shape index (κ2) is 7.17. The number of nitrogens with zero attached hydrogens (tertiary/aromatic N) is 4. The molecule has 6 nitrogen and oxygen atoms in total. The van der Waals surface area contributed by atoms with Gasteiger partial charge in [-0.3, -0.25) is 4.90 Å². The van der Waals surface area contributed by atoms with Gasteiger partial charge < -0.3 is 9.47 Å². The summed E-state index contributed by atoms with van der Waals surface area (Å²) in [6.45, 7) is 6.05. The summed E-state index contributed by atoms with van der Waals surface area (Å²) in [7, 11) is 0. The maximum atomic E-state index is 9.93. The molecule has 0 atom stereocenters. The molecule has 0 saturated carbocycles. The predicted molar refractivity (Wildman–Crippen MR) is 141 cm³/mol. The van der Waals surface area contributed by atoms with Crippen molar-refractivity contribution in [3.8, 4) is 41.2 Å². The van der Waals surface area contributed by atoms with Crippen LogP contribution in [0, 0.1) is 54.8 Å². The standard InChI is InChI=1S/C30H17BN4O2/c1-15-4-16(2)27(17(3)5-15)31-21-6-18(12-32)8-23-28(21)35-29-22(31)7-19(13-33)9-24(29)37-26-11-20(14-34)10-25(36-23)30(26)35/h4-11H,1-3H3. The Bertz CT molecular complexity index is 1750. The van der Waals surface area contributed by atoms with E-state index in [1.807, 2.05) is 12.1 Å². The Labute approximate surface area is 214 Å². The predicted octanol–water partition coefficient (Wildman–Crippen LogP) is 4.74. The lowest BCUT2D eigenvalue weighted by molar-refractivity contribution is 0.446. The average Bonchev–Trinajstić information content (AvgIpc) is 2.88. The van der Waals surface area contributed by atoms with Crippen molar-refractivity contribution >= 4 is 40.2 Å². The minimum absolute atomic E-state index is 0.241. The molecule has 0 unspecified atom stereocenters. The fourth-order valence-corrected chi connectivity index (χ4v) is 6.18. The first-order valence-corrected chi connectivity index (χ1v) is 11.9. The Morgan fingerprint density at radius 2 is 1.00 bits per heavy atom. The molecule has 3 aliphatic heterocycles. The molecule has 172 valence electrons. The molecule has 0 bridgehead atoms. The number of ether oxygens (including phenoxy) is 2. The molecular weight excluding hydrogens is 459 g/mol. The number of hydrogen-bond acceptors (Lipinski definition) is 6. The summed E-state index contributed by atoms with van der Waals surface area (Å²) >= 11 is 0. The van der Waals surface area contributed by atoms with Crippen LogP contribution >= 0.6 is 0 Å². The second-order valence-corrected chi connectivity index (χ2v) is 9.77. The molecule has 0 aliphatic carbocycles. The first-order valence-electron chi connectivity index (χ1n) is 11.9. The zero-order chi connectivity index (χ0) is 25.6. The Balaban J connectivity index is 1.65. The zero-order valence-electron chi connectivity index (χ0n) is 20.3. The molecule has 0 aromatic heterocycles. The first-order chi connectivity index (χ1) is 17.9. The minimum atomic E-state index is -0.241. The highest BCUT2D eigenvalue weighted by molar-refractivity contribution is 6.98. The fourth-order valence-electron chi connectivity index (χ4n) is 6.18. The number of hydrogen-bond donors (Lipinski definition) is 0. The van der Waals surface area contributed by atoms with Gasteiger partial charge in [-0.05, 0) is 43.8 Å². The number of rotatable bonds is 1. The average molecular weight is 476 g/mol. The molecule has 4 aromatic carbocycles. The number of nitriles is 3. The molecule has 0 amide bonds. The summed E-state index contributed by atoms with van der Waals surface area (Å²) < 4.78 is 12.7. The summed E-state index contributed by atoms with van der Waals surface area (Å²) in [6, 6.07) is 21.8. The van der Waals surface area contributed by atoms with Gasteiger partial charge in [0.25, 0.3) is 0 Å². The van der Waals surface area contributed by atoms with E-state index in [-0.39, 0.29) is 6.71 Å². The summed E-state index contributed by atoms with van der Waals surface area (Å²) in [5.41, 5.74) is 10.2. The van der Waals surface area contributed by atoms with Crippen LogP contribution < -0.4 is 30.8 Å². The van der Waals surface area contributed by atoms with Gasteiger partial charge in [0.2, 0.25) is 6.71 Å². The van der Waals surface area contributed by atoms with Gasteiger partial charge in [0.1, 0.15) is 5.69 Å². The monoisotopic (exact) mass is 476 g/mol. The van der Waals surface area contributed by atoms with Gasteiger partial charge in [-0.15, -0.1) is 0 Å². The van der Waals surface area contributed by atoms with Crippen LogP contribution in [0.5, 0.6) is 23.0 Å². The van der Waals surface area contributed by atoms with Gasteiger partial charge in [-0.25, -0.2) is 0 Å². The highest BCUT2D eigenvalue weighted by Gasteiger charge is 2.46. The molecular formula is C30H17BN4O2. The van der Waals surface area contributed by atoms with Crippen LogP contribution in [0.25, 0.3) is 0 Å². The molecule has 0 saturated heterocycles. The van der Waals surface area contributed by atoms with Crippen molar-refractivity contribution in [3.63, 3.8) is 0 Å². The third-order valence-electron chi connectivity index (χ3n) is 7.40. The van der Waals surface area contributed by atoms with E-state index in [9.17, 15) is 15.8 Å². The van der Waals surface area contributed by atoms with E-state index in [0.29, 0.717) is 45.4 Å². The lowest BCUT2D eigenvalue weighted by Crippen LogP contribution is -2.59. The van der Waals surface area contributed by atoms with Crippen LogP contribution in [-0.4, -0.2) is 6.71 Å². The van der Waals surface area contributed by atoms with Gasteiger partial charge in [-0.1, -0.05) is 34.3 Å². The molecule has 37 heavy (non-hydrogen) atoms. The Morgan fingerprint density at radius 1 is 0.595 bits per heavy atom. The SMILES string of the molecule is Cc1cc(C)c(B2c3cc(C#N)cc4c3N3c5c(cc(C#N)cc5Oc5cc(C#N)cc2c53)O4)c(C)c1. The molecule has 3 heterocycles. The second-order valence-electron chi connectivity index (χ2n) is 9.77. The Morgan fingerprint density at radius 3 is 1.43 bits per heavy atom. The summed E-state index contributed by atoms with van der Waals surface area (Å²) in [5, 5.41) is 29.5. The van der Waals surface area contributed by atoms with Crippen LogP contribution in [0.1, 0.15) is 33.4 Å². The number of anilines is 3. The van der Waals surface area contributed by atoms with Crippen molar-refractivity contribution in [2.45, 2.75) is 20.8 Å². The van der Waals surface area contributed by atoms with E-state index in [1.165, 1.54) is 5.56 Å². The molecule has 7 heteroatoms. The van der Waals surface area contributed by atoms with Crippen molar-refractivity contribution < 1.29 is 9.47 Å². The highest BCUT2D eigenvalue weighted by Crippen LogP contribution is 2.60. The Hall–Kier alpha value is -5.19. The van der Waals surface area contributed by atoms with Gasteiger partial charge >= 0.3 is 0 Å². The molecule has 3 aliphatic rings. The van der Waals surface area contributed by atoms with Gasteiger partial charge in [-0.2, -0.15) is 15.8 Å². The summed E-state index contributed by atoms with van der Waals surface area (Å²) in [4.78, 5) is 2.12. The summed E-state index contributed by atoms with van der Waals surface area (Å²) in [5.74, 6) is 2.09. The van der Waals surface area contributed by atoms with E-state index in [2.05, 4.69) is 56.0 Å². The van der Waals surface area contributed by atoms with Gasteiger partial charge in [0.15, 0.2) is 23.0 Å². The quantitative estimate of drug-likeness (QED) is 0.318. The van der Waals surface area contributed by atoms with Crippen molar-refractivity contribution in [2.75, 3.05) is 4.90 Å². The number of benzene rings is 4. The van der Waals surface area contributed by atoms with Crippen LogP contribution in [-0.2, 0) is 0 Å². The number of aryl methyl sites for hydroxylation is 3. The molecule has 0 radical (unpaired) electrons. The largest absolute Gasteiger partial charge is 0.453 e. The van der Waals surface area contributed by atoms with E-state index in [4.69, 9.17) is 9.47 Å². The smallest absolute Gasteiger partial charge is 0.247 e. The van der Waals surface area contributed by atoms with Crippen LogP contribution in [0.4, 0.5) is 17.1 Å². The van der Waals surface area contributed by atoms with Crippen molar-refractivity contribution in [1.29, 1.82) is 15.8 Å². The van der Waals surface area contributed by atoms with Crippen LogP contribution in [0.3, 0.4) is 0 Å². The van der Waals surface area contributed by atoms with E-state index in [0.717, 1.165) is 38.9 Å². The molecule has 4 aromatic rings. The lowest BCUT2D eigenvalue weighted by Gasteiger charge is -2.44. The maximum absolute atomic E-state index is 9.93. The van der Waals surface area contributed by atoms with Crippen molar-refractivity contribution in [1.82, 2.24) is 0 Å². The third-order valence-corrected chi connectivity index (χ3v) is 7.40. The molecule has 7 rings (SSSR count). The van der Waals surface area contributed by atoms with Crippen LogP contribution in [0.2, 0.25) is 0 Å². The van der Waals surface area contributed by atoms with E-state index in [1.54, 1.807) is 24.3 Å². The fraction of sp³-hybridized carbons (Fsp3) is 0.100. The van der Waals surface area contributed by atoms with Crippen molar-refractivity contribution in [3.05, 3.63) is 81.9 Å². The maximum Gasteiger partial charge on any atom is 0.247 e.